The van der Waals surface area contributed by atoms with Crippen LogP contribution in [0.5, 0.6) is 0 Å². The van der Waals surface area contributed by atoms with Crippen LogP contribution in [0.4, 0.5) is 0 Å². The minimum atomic E-state index is -0.0669. The molecule has 0 aromatic heterocycles. The lowest BCUT2D eigenvalue weighted by Gasteiger charge is -2.31. The van der Waals surface area contributed by atoms with Gasteiger partial charge in [-0.25, -0.2) is 0 Å². The Balaban J connectivity index is 2.44. The number of nitriles is 1. The Bertz CT molecular complexity index is 187. The Kier molecular flexibility index (Phi) is 3.74. The van der Waals surface area contributed by atoms with Gasteiger partial charge >= 0.3 is 0 Å². The van der Waals surface area contributed by atoms with Crippen molar-refractivity contribution in [2.75, 3.05) is 13.2 Å². The van der Waals surface area contributed by atoms with Crippen LogP contribution < -0.4 is 0 Å². The Labute approximate surface area is 80.9 Å². The van der Waals surface area contributed by atoms with E-state index in [1.807, 2.05) is 0 Å². The summed E-state index contributed by atoms with van der Waals surface area (Å²) >= 11 is 0. The van der Waals surface area contributed by atoms with E-state index in [-0.39, 0.29) is 5.41 Å². The third-order valence-corrected chi connectivity index (χ3v) is 2.89. The van der Waals surface area contributed by atoms with Gasteiger partial charge in [0.05, 0.1) is 11.5 Å². The molecule has 0 bridgehead atoms. The van der Waals surface area contributed by atoms with E-state index in [2.05, 4.69) is 19.9 Å². The van der Waals surface area contributed by atoms with Gasteiger partial charge in [-0.3, -0.25) is 0 Å². The fraction of sp³-hybridized carbons (Fsp3) is 0.909. The number of hydrogen-bond donors (Lipinski definition) is 0. The standard InChI is InChI=1S/C11H19NO/c1-10(2)3-4-11(9-12)5-7-13-8-6-11/h10H,3-8H2,1-2H3. The second kappa shape index (κ2) is 4.62. The molecule has 0 amide bonds. The van der Waals surface area contributed by atoms with Gasteiger partial charge in [0.15, 0.2) is 0 Å². The molecule has 0 atom stereocenters. The summed E-state index contributed by atoms with van der Waals surface area (Å²) in [7, 11) is 0. The lowest BCUT2D eigenvalue weighted by atomic mass is 9.76. The second-order valence-electron chi connectivity index (χ2n) is 4.44. The molecule has 1 aliphatic heterocycles. The first-order valence-corrected chi connectivity index (χ1v) is 5.17. The topological polar surface area (TPSA) is 33.0 Å². The average Bonchev–Trinajstić information content (AvgIpc) is 2.16. The van der Waals surface area contributed by atoms with E-state index in [1.54, 1.807) is 0 Å². The van der Waals surface area contributed by atoms with Crippen molar-refractivity contribution in [3.63, 3.8) is 0 Å². The zero-order chi connectivity index (χ0) is 9.73. The van der Waals surface area contributed by atoms with E-state index in [0.717, 1.165) is 38.9 Å². The van der Waals surface area contributed by atoms with Crippen molar-refractivity contribution >= 4 is 0 Å². The molecule has 0 aliphatic carbocycles. The molecule has 0 spiro atoms. The van der Waals surface area contributed by atoms with Crippen molar-refractivity contribution in [3.8, 4) is 6.07 Å². The van der Waals surface area contributed by atoms with Crippen LogP contribution in [0.1, 0.15) is 39.5 Å². The van der Waals surface area contributed by atoms with Crippen molar-refractivity contribution in [1.82, 2.24) is 0 Å². The third kappa shape index (κ3) is 3.00. The van der Waals surface area contributed by atoms with E-state index < -0.39 is 0 Å². The number of nitrogens with zero attached hydrogens (tertiary/aromatic N) is 1. The number of ether oxygens (including phenoxy) is 1. The monoisotopic (exact) mass is 181 g/mol. The van der Waals surface area contributed by atoms with Gasteiger partial charge in [-0.2, -0.15) is 5.26 Å². The summed E-state index contributed by atoms with van der Waals surface area (Å²) in [5, 5.41) is 9.15. The van der Waals surface area contributed by atoms with Gasteiger partial charge in [0.25, 0.3) is 0 Å². The number of rotatable bonds is 3. The highest BCUT2D eigenvalue weighted by atomic mass is 16.5. The highest BCUT2D eigenvalue weighted by molar-refractivity contribution is 5.00. The molecular weight excluding hydrogens is 162 g/mol. The molecule has 1 heterocycles. The molecule has 1 rings (SSSR count). The van der Waals surface area contributed by atoms with Crippen molar-refractivity contribution in [1.29, 1.82) is 5.26 Å². The largest absolute Gasteiger partial charge is 0.381 e. The SMILES string of the molecule is CC(C)CCC1(C#N)CCOCC1. The highest BCUT2D eigenvalue weighted by Gasteiger charge is 2.32. The molecule has 74 valence electrons. The molecule has 1 aliphatic rings. The van der Waals surface area contributed by atoms with Crippen molar-refractivity contribution in [3.05, 3.63) is 0 Å². The fourth-order valence-electron chi connectivity index (χ4n) is 1.74. The van der Waals surface area contributed by atoms with Crippen LogP contribution in [0.2, 0.25) is 0 Å². The summed E-state index contributed by atoms with van der Waals surface area (Å²) in [6.45, 7) is 5.96. The lowest BCUT2D eigenvalue weighted by molar-refractivity contribution is 0.0348. The molecule has 1 saturated heterocycles. The van der Waals surface area contributed by atoms with Gasteiger partial charge in [0, 0.05) is 13.2 Å². The molecule has 0 unspecified atom stereocenters. The van der Waals surface area contributed by atoms with Gasteiger partial charge in [0.1, 0.15) is 0 Å². The highest BCUT2D eigenvalue weighted by Crippen LogP contribution is 2.35. The quantitative estimate of drug-likeness (QED) is 0.670. The molecule has 0 aromatic carbocycles. The summed E-state index contributed by atoms with van der Waals surface area (Å²) in [5.74, 6) is 0.702. The summed E-state index contributed by atoms with van der Waals surface area (Å²) in [5.41, 5.74) is -0.0669. The van der Waals surface area contributed by atoms with Crippen LogP contribution in [0, 0.1) is 22.7 Å². The van der Waals surface area contributed by atoms with Crippen molar-refractivity contribution in [2.45, 2.75) is 39.5 Å². The van der Waals surface area contributed by atoms with Crippen LogP contribution in [0.25, 0.3) is 0 Å². The van der Waals surface area contributed by atoms with E-state index in [1.165, 1.54) is 0 Å². The zero-order valence-electron chi connectivity index (χ0n) is 8.68. The average molecular weight is 181 g/mol. The zero-order valence-corrected chi connectivity index (χ0v) is 8.68. The maximum absolute atomic E-state index is 9.15. The van der Waals surface area contributed by atoms with Gasteiger partial charge in [0.2, 0.25) is 0 Å². The summed E-state index contributed by atoms with van der Waals surface area (Å²) < 4.78 is 5.28. The first kappa shape index (κ1) is 10.5. The first-order chi connectivity index (χ1) is 6.18. The van der Waals surface area contributed by atoms with Crippen molar-refractivity contribution in [2.24, 2.45) is 11.3 Å². The Morgan fingerprint density at radius 2 is 2.00 bits per heavy atom. The van der Waals surface area contributed by atoms with E-state index >= 15 is 0 Å². The van der Waals surface area contributed by atoms with Gasteiger partial charge < -0.3 is 4.74 Å². The predicted molar refractivity (Wildman–Crippen MR) is 52.2 cm³/mol. The Morgan fingerprint density at radius 3 is 2.46 bits per heavy atom. The maximum atomic E-state index is 9.15. The third-order valence-electron chi connectivity index (χ3n) is 2.89. The Hall–Kier alpha value is -0.550. The molecule has 13 heavy (non-hydrogen) atoms. The summed E-state index contributed by atoms with van der Waals surface area (Å²) in [4.78, 5) is 0. The molecule has 2 nitrogen and oxygen atoms in total. The molecule has 1 fully saturated rings. The van der Waals surface area contributed by atoms with Crippen LogP contribution in [-0.2, 0) is 4.74 Å². The van der Waals surface area contributed by atoms with Gasteiger partial charge in [-0.1, -0.05) is 13.8 Å². The van der Waals surface area contributed by atoms with Crippen LogP contribution in [0.3, 0.4) is 0 Å². The normalized spacial score (nSPS) is 21.4. The van der Waals surface area contributed by atoms with Crippen LogP contribution >= 0.6 is 0 Å². The van der Waals surface area contributed by atoms with Crippen LogP contribution in [0.15, 0.2) is 0 Å². The molecule has 0 radical (unpaired) electrons. The minimum absolute atomic E-state index is 0.0669. The van der Waals surface area contributed by atoms with Gasteiger partial charge in [-0.15, -0.1) is 0 Å². The molecule has 0 aromatic rings. The molecule has 0 N–H and O–H groups in total. The van der Waals surface area contributed by atoms with E-state index in [0.29, 0.717) is 5.92 Å². The summed E-state index contributed by atoms with van der Waals surface area (Å²) in [6.07, 6.45) is 4.06. The van der Waals surface area contributed by atoms with Crippen molar-refractivity contribution < 1.29 is 4.74 Å². The smallest absolute Gasteiger partial charge is 0.0691 e. The predicted octanol–water partition coefficient (Wildman–Crippen LogP) is 2.74. The summed E-state index contributed by atoms with van der Waals surface area (Å²) in [6, 6.07) is 2.49. The maximum Gasteiger partial charge on any atom is 0.0691 e. The minimum Gasteiger partial charge on any atom is -0.381 e. The Morgan fingerprint density at radius 1 is 1.38 bits per heavy atom. The number of hydrogen-bond acceptors (Lipinski definition) is 2. The lowest BCUT2D eigenvalue weighted by Crippen LogP contribution is -2.28. The second-order valence-corrected chi connectivity index (χ2v) is 4.44. The first-order valence-electron chi connectivity index (χ1n) is 5.17. The molecular formula is C11H19NO. The fourth-order valence-corrected chi connectivity index (χ4v) is 1.74. The van der Waals surface area contributed by atoms with Gasteiger partial charge in [-0.05, 0) is 31.6 Å². The van der Waals surface area contributed by atoms with E-state index in [9.17, 15) is 0 Å². The van der Waals surface area contributed by atoms with E-state index in [4.69, 9.17) is 10.00 Å². The van der Waals surface area contributed by atoms with Crippen LogP contribution in [-0.4, -0.2) is 13.2 Å². The molecule has 0 saturated carbocycles. The molecule has 2 heteroatoms.